The van der Waals surface area contributed by atoms with Gasteiger partial charge >= 0.3 is 6.18 Å². The van der Waals surface area contributed by atoms with Gasteiger partial charge in [0.25, 0.3) is 0 Å². The number of fused-ring (bicyclic) bond motifs is 1. The van der Waals surface area contributed by atoms with Crippen LogP contribution in [0.15, 0.2) is 30.6 Å². The molecule has 4 rings (SSSR count). The molecule has 2 heterocycles. The van der Waals surface area contributed by atoms with E-state index in [-0.39, 0.29) is 35.1 Å². The van der Waals surface area contributed by atoms with Crippen molar-refractivity contribution in [2.24, 2.45) is 5.92 Å². The monoisotopic (exact) mass is 377 g/mol. The van der Waals surface area contributed by atoms with E-state index in [1.165, 1.54) is 24.5 Å². The summed E-state index contributed by atoms with van der Waals surface area (Å²) in [5, 5.41) is 13.2. The summed E-state index contributed by atoms with van der Waals surface area (Å²) in [5.74, 6) is 0.728. The van der Waals surface area contributed by atoms with Crippen molar-refractivity contribution in [3.8, 4) is 11.4 Å². The Kier molecular flexibility index (Phi) is 4.26. The zero-order valence-electron chi connectivity index (χ0n) is 14.5. The lowest BCUT2D eigenvalue weighted by Crippen LogP contribution is -2.17. The maximum absolute atomic E-state index is 13.3. The molecule has 0 unspecified atom stereocenters. The van der Waals surface area contributed by atoms with Crippen LogP contribution in [0.5, 0.6) is 0 Å². The molecule has 0 saturated heterocycles. The van der Waals surface area contributed by atoms with Crippen molar-refractivity contribution in [1.82, 2.24) is 19.9 Å². The van der Waals surface area contributed by atoms with Gasteiger partial charge in [-0.3, -0.25) is 0 Å². The lowest BCUT2D eigenvalue weighted by molar-refractivity contribution is -0.137. The van der Waals surface area contributed by atoms with Gasteiger partial charge in [-0.1, -0.05) is 25.1 Å². The van der Waals surface area contributed by atoms with E-state index in [9.17, 15) is 18.3 Å². The third kappa shape index (κ3) is 3.34. The number of alkyl halides is 3. The molecule has 0 radical (unpaired) electrons. The van der Waals surface area contributed by atoms with Gasteiger partial charge in [0.15, 0.2) is 11.5 Å². The van der Waals surface area contributed by atoms with Gasteiger partial charge in [0.05, 0.1) is 11.7 Å². The number of aliphatic hydroxyl groups is 1. The summed E-state index contributed by atoms with van der Waals surface area (Å²) in [7, 11) is 0. The molecule has 1 fully saturated rings. The second-order valence-corrected chi connectivity index (χ2v) is 6.91. The molecule has 1 aromatic carbocycles. The van der Waals surface area contributed by atoms with E-state index < -0.39 is 11.7 Å². The molecule has 0 amide bonds. The molecular weight excluding hydrogens is 359 g/mol. The van der Waals surface area contributed by atoms with Crippen LogP contribution in [0.1, 0.15) is 25.3 Å². The fourth-order valence-electron chi connectivity index (χ4n) is 3.54. The van der Waals surface area contributed by atoms with Crippen molar-refractivity contribution in [3.05, 3.63) is 36.2 Å². The van der Waals surface area contributed by atoms with Gasteiger partial charge < -0.3 is 15.4 Å². The quantitative estimate of drug-likeness (QED) is 0.649. The number of imidazole rings is 1. The Labute approximate surface area is 152 Å². The molecule has 0 spiro atoms. The zero-order chi connectivity index (χ0) is 19.2. The molecule has 3 atom stereocenters. The summed E-state index contributed by atoms with van der Waals surface area (Å²) in [4.78, 5) is 15.4. The van der Waals surface area contributed by atoms with E-state index in [4.69, 9.17) is 0 Å². The molecule has 2 aromatic heterocycles. The summed E-state index contributed by atoms with van der Waals surface area (Å²) in [6.07, 6.45) is -2.18. The highest BCUT2D eigenvalue weighted by molar-refractivity contribution is 5.86. The number of rotatable bonds is 3. The summed E-state index contributed by atoms with van der Waals surface area (Å²) < 4.78 is 39.9. The molecule has 0 bridgehead atoms. The minimum Gasteiger partial charge on any atom is -0.393 e. The number of nitrogens with one attached hydrogen (secondary N) is 2. The van der Waals surface area contributed by atoms with Crippen LogP contribution in [-0.4, -0.2) is 37.2 Å². The Morgan fingerprint density at radius 3 is 2.67 bits per heavy atom. The Hall–Kier alpha value is -2.68. The van der Waals surface area contributed by atoms with Crippen LogP contribution in [0, 0.1) is 5.92 Å². The number of aromatic nitrogens is 4. The van der Waals surface area contributed by atoms with Gasteiger partial charge in [0.1, 0.15) is 17.7 Å². The Morgan fingerprint density at radius 1 is 1.19 bits per heavy atom. The van der Waals surface area contributed by atoms with Gasteiger partial charge in [0, 0.05) is 11.6 Å². The van der Waals surface area contributed by atoms with Crippen LogP contribution in [0.25, 0.3) is 22.6 Å². The average Bonchev–Trinajstić information content (AvgIpc) is 3.18. The average molecular weight is 377 g/mol. The van der Waals surface area contributed by atoms with Gasteiger partial charge in [-0.15, -0.1) is 0 Å². The largest absolute Gasteiger partial charge is 0.417 e. The summed E-state index contributed by atoms with van der Waals surface area (Å²) in [6, 6.07) is 5.30. The normalized spacial score (nSPS) is 23.1. The van der Waals surface area contributed by atoms with E-state index in [0.29, 0.717) is 17.8 Å². The first-order valence-electron chi connectivity index (χ1n) is 8.65. The molecule has 6 nitrogen and oxygen atoms in total. The SMILES string of the molecule is C[C@H]1C[C@@H](Nc2ncnc3nc(-c4ccccc4C(F)(F)F)[nH]c23)C[C@@H]1O. The number of hydrogen-bond donors (Lipinski definition) is 3. The van der Waals surface area contributed by atoms with Crippen LogP contribution in [0.2, 0.25) is 0 Å². The van der Waals surface area contributed by atoms with E-state index in [1.807, 2.05) is 6.92 Å². The topological polar surface area (TPSA) is 86.7 Å². The third-order valence-corrected chi connectivity index (χ3v) is 4.96. The summed E-state index contributed by atoms with van der Waals surface area (Å²) >= 11 is 0. The molecular formula is C18H18F3N5O. The number of benzene rings is 1. The van der Waals surface area contributed by atoms with Crippen LogP contribution >= 0.6 is 0 Å². The summed E-state index contributed by atoms with van der Waals surface area (Å²) in [6.45, 7) is 1.98. The molecule has 1 saturated carbocycles. The number of aliphatic hydroxyl groups excluding tert-OH is 1. The molecule has 1 aliphatic rings. The van der Waals surface area contributed by atoms with Gasteiger partial charge in [0.2, 0.25) is 0 Å². The molecule has 142 valence electrons. The first-order valence-corrected chi connectivity index (χ1v) is 8.65. The lowest BCUT2D eigenvalue weighted by atomic mass is 10.1. The van der Waals surface area contributed by atoms with E-state index >= 15 is 0 Å². The summed E-state index contributed by atoms with van der Waals surface area (Å²) in [5.41, 5.74) is -0.0808. The van der Waals surface area contributed by atoms with E-state index in [2.05, 4.69) is 25.3 Å². The highest BCUT2D eigenvalue weighted by Gasteiger charge is 2.34. The van der Waals surface area contributed by atoms with Crippen molar-refractivity contribution < 1.29 is 18.3 Å². The third-order valence-electron chi connectivity index (χ3n) is 4.96. The van der Waals surface area contributed by atoms with Crippen LogP contribution in [0.3, 0.4) is 0 Å². The Morgan fingerprint density at radius 2 is 1.96 bits per heavy atom. The standard InChI is InChI=1S/C18H18F3N5O/c1-9-6-10(7-13(9)27)24-16-14-17(23-8-22-16)26-15(25-14)11-4-2-3-5-12(11)18(19,20)21/h2-5,8-10,13,27H,6-7H2,1H3,(H2,22,23,24,25,26)/t9-,10+,13-/m0/s1. The highest BCUT2D eigenvalue weighted by atomic mass is 19.4. The number of nitrogens with zero attached hydrogens (tertiary/aromatic N) is 3. The lowest BCUT2D eigenvalue weighted by Gasteiger charge is -2.13. The fourth-order valence-corrected chi connectivity index (χ4v) is 3.54. The smallest absolute Gasteiger partial charge is 0.393 e. The number of aromatic amines is 1. The van der Waals surface area contributed by atoms with Crippen molar-refractivity contribution in [3.63, 3.8) is 0 Å². The number of hydrogen-bond acceptors (Lipinski definition) is 5. The molecule has 0 aliphatic heterocycles. The van der Waals surface area contributed by atoms with Gasteiger partial charge in [-0.2, -0.15) is 13.2 Å². The van der Waals surface area contributed by atoms with Crippen molar-refractivity contribution in [1.29, 1.82) is 0 Å². The predicted octanol–water partition coefficient (Wildman–Crippen LogP) is 3.61. The zero-order valence-corrected chi connectivity index (χ0v) is 14.5. The molecule has 27 heavy (non-hydrogen) atoms. The van der Waals surface area contributed by atoms with Gasteiger partial charge in [-0.25, -0.2) is 15.0 Å². The predicted molar refractivity (Wildman–Crippen MR) is 93.9 cm³/mol. The maximum atomic E-state index is 13.3. The highest BCUT2D eigenvalue weighted by Crippen LogP contribution is 2.37. The van der Waals surface area contributed by atoms with E-state index in [0.717, 1.165) is 12.5 Å². The second-order valence-electron chi connectivity index (χ2n) is 6.91. The molecule has 1 aliphatic carbocycles. The minimum absolute atomic E-state index is 0.0299. The van der Waals surface area contributed by atoms with Crippen molar-refractivity contribution in [2.45, 2.75) is 38.1 Å². The van der Waals surface area contributed by atoms with E-state index in [1.54, 1.807) is 0 Å². The Bertz CT molecular complexity index is 961. The number of anilines is 1. The molecule has 3 aromatic rings. The van der Waals surface area contributed by atoms with Crippen LogP contribution in [0.4, 0.5) is 19.0 Å². The number of halogens is 3. The maximum Gasteiger partial charge on any atom is 0.417 e. The first-order chi connectivity index (χ1) is 12.8. The van der Waals surface area contributed by atoms with Crippen molar-refractivity contribution >= 4 is 17.0 Å². The Balaban J connectivity index is 1.72. The number of H-pyrrole nitrogens is 1. The minimum atomic E-state index is -4.49. The van der Waals surface area contributed by atoms with Crippen LogP contribution in [-0.2, 0) is 6.18 Å². The molecule has 9 heteroatoms. The van der Waals surface area contributed by atoms with Crippen LogP contribution < -0.4 is 5.32 Å². The fraction of sp³-hybridized carbons (Fsp3) is 0.389. The first kappa shape index (κ1) is 17.7. The van der Waals surface area contributed by atoms with Crippen molar-refractivity contribution in [2.75, 3.05) is 5.32 Å². The second kappa shape index (κ2) is 6.49. The molecule has 3 N–H and O–H groups in total. The van der Waals surface area contributed by atoms with Gasteiger partial charge in [-0.05, 0) is 24.8 Å².